The second kappa shape index (κ2) is 4.00. The summed E-state index contributed by atoms with van der Waals surface area (Å²) < 4.78 is 0. The van der Waals surface area contributed by atoms with Crippen LogP contribution in [0.1, 0.15) is 28.9 Å². The topological polar surface area (TPSA) is 45.8 Å². The summed E-state index contributed by atoms with van der Waals surface area (Å²) in [6.45, 7) is 0. The molecule has 2 aromatic rings. The van der Waals surface area contributed by atoms with E-state index in [1.165, 1.54) is 0 Å². The number of rotatable bonds is 1. The molecule has 0 bridgehead atoms. The second-order valence-electron chi connectivity index (χ2n) is 4.21. The van der Waals surface area contributed by atoms with Gasteiger partial charge in [0, 0.05) is 22.7 Å². The highest BCUT2D eigenvalue weighted by atomic mass is 35.5. The maximum absolute atomic E-state index is 11.9. The number of benzene rings is 1. The number of hydrogen-bond donors (Lipinski definition) is 1. The van der Waals surface area contributed by atoms with Gasteiger partial charge < -0.3 is 0 Å². The predicted molar refractivity (Wildman–Crippen MR) is 66.3 cm³/mol. The minimum atomic E-state index is 0.185. The Kier molecular flexibility index (Phi) is 2.48. The molecule has 1 aromatic carbocycles. The van der Waals surface area contributed by atoms with Gasteiger partial charge in [-0.25, -0.2) is 0 Å². The van der Waals surface area contributed by atoms with E-state index in [0.717, 1.165) is 35.4 Å². The number of aromatic nitrogens is 2. The Hall–Kier alpha value is -1.61. The molecule has 0 fully saturated rings. The number of aromatic amines is 1. The number of H-pyrrole nitrogens is 1. The van der Waals surface area contributed by atoms with E-state index < -0.39 is 0 Å². The lowest BCUT2D eigenvalue weighted by molar-refractivity contribution is 0.0973. The highest BCUT2D eigenvalue weighted by Gasteiger charge is 2.24. The van der Waals surface area contributed by atoms with E-state index in [1.54, 1.807) is 0 Å². The molecule has 3 nitrogen and oxygen atoms in total. The summed E-state index contributed by atoms with van der Waals surface area (Å²) in [4.78, 5) is 11.9. The van der Waals surface area contributed by atoms with Gasteiger partial charge in [0.05, 0.1) is 5.56 Å². The molecule has 0 atom stereocenters. The first-order valence-electron chi connectivity index (χ1n) is 5.62. The number of carbonyl (C=O) groups is 1. The lowest BCUT2D eigenvalue weighted by Crippen LogP contribution is -2.09. The zero-order valence-electron chi connectivity index (χ0n) is 9.16. The molecule has 1 N–H and O–H groups in total. The van der Waals surface area contributed by atoms with Gasteiger partial charge in [0.1, 0.15) is 5.69 Å². The Bertz CT molecular complexity index is 572. The normalized spacial score (nSPS) is 14.8. The van der Waals surface area contributed by atoms with E-state index in [9.17, 15) is 4.79 Å². The molecule has 1 aliphatic carbocycles. The van der Waals surface area contributed by atoms with Crippen molar-refractivity contribution in [2.75, 3.05) is 0 Å². The number of ketones is 1. The van der Waals surface area contributed by atoms with Crippen LogP contribution in [-0.2, 0) is 6.42 Å². The van der Waals surface area contributed by atoms with Crippen LogP contribution in [0.25, 0.3) is 11.3 Å². The van der Waals surface area contributed by atoms with Gasteiger partial charge in [-0.15, -0.1) is 0 Å². The smallest absolute Gasteiger partial charge is 0.166 e. The summed E-state index contributed by atoms with van der Waals surface area (Å²) in [5, 5.41) is 7.91. The van der Waals surface area contributed by atoms with Crippen molar-refractivity contribution >= 4 is 17.4 Å². The molecule has 0 radical (unpaired) electrons. The Morgan fingerprint density at radius 3 is 2.71 bits per heavy atom. The molecule has 17 heavy (non-hydrogen) atoms. The summed E-state index contributed by atoms with van der Waals surface area (Å²) >= 11 is 5.85. The Balaban J connectivity index is 2.12. The standard InChI is InChI=1S/C13H11ClN2O/c14-9-6-4-8(5-7-9)13-12-10(15-16-13)2-1-3-11(12)17/h4-7H,1-3H2,(H,15,16). The monoisotopic (exact) mass is 246 g/mol. The number of aryl methyl sites for hydroxylation is 1. The fourth-order valence-electron chi connectivity index (χ4n) is 2.23. The molecule has 1 aromatic heterocycles. The van der Waals surface area contributed by atoms with Crippen LogP contribution in [0.15, 0.2) is 24.3 Å². The lowest BCUT2D eigenvalue weighted by atomic mass is 9.92. The van der Waals surface area contributed by atoms with Crippen LogP contribution in [0.2, 0.25) is 5.02 Å². The minimum absolute atomic E-state index is 0.185. The fourth-order valence-corrected chi connectivity index (χ4v) is 2.35. The van der Waals surface area contributed by atoms with Crippen LogP contribution >= 0.6 is 11.6 Å². The highest BCUT2D eigenvalue weighted by Crippen LogP contribution is 2.29. The number of carbonyl (C=O) groups excluding carboxylic acids is 1. The average Bonchev–Trinajstić information content (AvgIpc) is 2.75. The first-order chi connectivity index (χ1) is 8.25. The van der Waals surface area contributed by atoms with Gasteiger partial charge in [0.15, 0.2) is 5.78 Å². The zero-order valence-corrected chi connectivity index (χ0v) is 9.92. The second-order valence-corrected chi connectivity index (χ2v) is 4.65. The molecule has 1 heterocycles. The number of hydrogen-bond acceptors (Lipinski definition) is 2. The molecule has 0 aliphatic heterocycles. The zero-order chi connectivity index (χ0) is 11.8. The largest absolute Gasteiger partial charge is 0.294 e. The predicted octanol–water partition coefficient (Wildman–Crippen LogP) is 3.25. The molecule has 0 saturated carbocycles. The van der Waals surface area contributed by atoms with Crippen molar-refractivity contribution in [3.05, 3.63) is 40.5 Å². The Morgan fingerprint density at radius 1 is 1.18 bits per heavy atom. The molecule has 0 amide bonds. The van der Waals surface area contributed by atoms with Gasteiger partial charge in [-0.3, -0.25) is 9.89 Å². The number of nitrogens with one attached hydrogen (secondary N) is 1. The molecule has 86 valence electrons. The van der Waals surface area contributed by atoms with Crippen LogP contribution in [0.4, 0.5) is 0 Å². The molecule has 4 heteroatoms. The molecule has 3 rings (SSSR count). The SMILES string of the molecule is O=C1CCCc2[nH]nc(-c3ccc(Cl)cc3)c21. The minimum Gasteiger partial charge on any atom is -0.294 e. The quantitative estimate of drug-likeness (QED) is 0.840. The summed E-state index contributed by atoms with van der Waals surface area (Å²) in [6, 6.07) is 7.40. The summed E-state index contributed by atoms with van der Waals surface area (Å²) in [7, 11) is 0. The third-order valence-electron chi connectivity index (χ3n) is 3.07. The number of nitrogens with zero attached hydrogens (tertiary/aromatic N) is 1. The van der Waals surface area contributed by atoms with Crippen LogP contribution in [0.3, 0.4) is 0 Å². The first-order valence-corrected chi connectivity index (χ1v) is 6.00. The van der Waals surface area contributed by atoms with Crippen molar-refractivity contribution in [2.24, 2.45) is 0 Å². The molecular formula is C13H11ClN2O. The van der Waals surface area contributed by atoms with Crippen molar-refractivity contribution in [3.8, 4) is 11.3 Å². The van der Waals surface area contributed by atoms with Gasteiger partial charge in [0.2, 0.25) is 0 Å². The van der Waals surface area contributed by atoms with Gasteiger partial charge in [0.25, 0.3) is 0 Å². The van der Waals surface area contributed by atoms with Crippen LogP contribution in [0.5, 0.6) is 0 Å². The van der Waals surface area contributed by atoms with E-state index in [4.69, 9.17) is 11.6 Å². The number of fused-ring (bicyclic) bond motifs is 1. The fraction of sp³-hybridized carbons (Fsp3) is 0.231. The van der Waals surface area contributed by atoms with Crippen molar-refractivity contribution in [1.82, 2.24) is 10.2 Å². The van der Waals surface area contributed by atoms with E-state index >= 15 is 0 Å². The molecule has 0 saturated heterocycles. The van der Waals surface area contributed by atoms with Crippen LogP contribution < -0.4 is 0 Å². The van der Waals surface area contributed by atoms with Gasteiger partial charge in [-0.1, -0.05) is 23.7 Å². The first kappa shape index (κ1) is 10.5. The van der Waals surface area contributed by atoms with E-state index in [-0.39, 0.29) is 5.78 Å². The van der Waals surface area contributed by atoms with E-state index in [2.05, 4.69) is 10.2 Å². The molecule has 1 aliphatic rings. The van der Waals surface area contributed by atoms with E-state index in [0.29, 0.717) is 11.4 Å². The Morgan fingerprint density at radius 2 is 1.94 bits per heavy atom. The average molecular weight is 247 g/mol. The number of Topliss-reactive ketones (excluding diaryl/α,β-unsaturated/α-hetero) is 1. The van der Waals surface area contributed by atoms with Crippen molar-refractivity contribution in [2.45, 2.75) is 19.3 Å². The van der Waals surface area contributed by atoms with E-state index in [1.807, 2.05) is 24.3 Å². The molecule has 0 unspecified atom stereocenters. The van der Waals surface area contributed by atoms with Crippen LogP contribution in [-0.4, -0.2) is 16.0 Å². The highest BCUT2D eigenvalue weighted by molar-refractivity contribution is 6.30. The summed E-state index contributed by atoms with van der Waals surface area (Å²) in [6.07, 6.45) is 2.43. The summed E-state index contributed by atoms with van der Waals surface area (Å²) in [5.41, 5.74) is 3.41. The summed E-state index contributed by atoms with van der Waals surface area (Å²) in [5.74, 6) is 0.185. The van der Waals surface area contributed by atoms with Crippen molar-refractivity contribution < 1.29 is 4.79 Å². The van der Waals surface area contributed by atoms with Crippen molar-refractivity contribution in [3.63, 3.8) is 0 Å². The maximum atomic E-state index is 11.9. The van der Waals surface area contributed by atoms with Crippen LogP contribution in [0, 0.1) is 0 Å². The molecular weight excluding hydrogens is 236 g/mol. The Labute approximate surface area is 104 Å². The van der Waals surface area contributed by atoms with Crippen molar-refractivity contribution in [1.29, 1.82) is 0 Å². The molecule has 0 spiro atoms. The van der Waals surface area contributed by atoms with Gasteiger partial charge >= 0.3 is 0 Å². The van der Waals surface area contributed by atoms with Gasteiger partial charge in [-0.05, 0) is 25.0 Å². The lowest BCUT2D eigenvalue weighted by Gasteiger charge is -2.10. The maximum Gasteiger partial charge on any atom is 0.166 e. The third kappa shape index (κ3) is 1.76. The van der Waals surface area contributed by atoms with Gasteiger partial charge in [-0.2, -0.15) is 5.10 Å². The number of halogens is 1. The third-order valence-corrected chi connectivity index (χ3v) is 3.32.